The maximum atomic E-state index is 9.91. The Kier molecular flexibility index (Phi) is 4.74. The minimum atomic E-state index is 0.494. The van der Waals surface area contributed by atoms with E-state index in [1.54, 1.807) is 0 Å². The summed E-state index contributed by atoms with van der Waals surface area (Å²) in [5, 5.41) is 10.8. The maximum absolute atomic E-state index is 9.91. The first-order valence-corrected chi connectivity index (χ1v) is 9.30. The molecule has 4 rings (SSSR count). The number of anilines is 1. The molecule has 0 saturated carbocycles. The molecule has 4 nitrogen and oxygen atoms in total. The van der Waals surface area contributed by atoms with E-state index in [2.05, 4.69) is 17.6 Å². The molecular formula is C24H21N3O. The fraction of sp³-hybridized carbons (Fsp3) is 0.125. The second kappa shape index (κ2) is 7.50. The zero-order chi connectivity index (χ0) is 19.5. The Morgan fingerprint density at radius 3 is 2.43 bits per heavy atom. The van der Waals surface area contributed by atoms with Crippen molar-refractivity contribution in [1.29, 1.82) is 5.26 Å². The van der Waals surface area contributed by atoms with Gasteiger partial charge in [0.1, 0.15) is 18.4 Å². The first-order valence-electron chi connectivity index (χ1n) is 9.30. The molecule has 0 radical (unpaired) electrons. The summed E-state index contributed by atoms with van der Waals surface area (Å²) >= 11 is 0. The van der Waals surface area contributed by atoms with Gasteiger partial charge in [-0.3, -0.25) is 0 Å². The van der Waals surface area contributed by atoms with Crippen molar-refractivity contribution < 1.29 is 4.74 Å². The van der Waals surface area contributed by atoms with Crippen LogP contribution in [0.25, 0.3) is 22.2 Å². The lowest BCUT2D eigenvalue weighted by Gasteiger charge is -2.09. The van der Waals surface area contributed by atoms with E-state index < -0.39 is 0 Å². The third-order valence-corrected chi connectivity index (χ3v) is 4.90. The van der Waals surface area contributed by atoms with Gasteiger partial charge in [-0.25, -0.2) is 0 Å². The van der Waals surface area contributed by atoms with Gasteiger partial charge < -0.3 is 15.0 Å². The van der Waals surface area contributed by atoms with E-state index >= 15 is 0 Å². The van der Waals surface area contributed by atoms with Crippen LogP contribution >= 0.6 is 0 Å². The minimum absolute atomic E-state index is 0.494. The van der Waals surface area contributed by atoms with Crippen LogP contribution in [0.15, 0.2) is 72.8 Å². The largest absolute Gasteiger partial charge is 0.489 e. The zero-order valence-electron chi connectivity index (χ0n) is 15.7. The fourth-order valence-electron chi connectivity index (χ4n) is 3.55. The number of hydrogen-bond acceptors (Lipinski definition) is 3. The number of rotatable bonds is 5. The SMILES string of the molecule is CCn1c(-c2ccc(N)cc2)c(C#N)c2cc(OCc3ccccc3)ccc21. The van der Waals surface area contributed by atoms with Crippen LogP contribution in [-0.2, 0) is 13.2 Å². The quantitative estimate of drug-likeness (QED) is 0.483. The van der Waals surface area contributed by atoms with E-state index in [0.29, 0.717) is 17.9 Å². The molecule has 0 fully saturated rings. The highest BCUT2D eigenvalue weighted by Crippen LogP contribution is 2.35. The number of ether oxygens (including phenoxy) is 1. The lowest BCUT2D eigenvalue weighted by atomic mass is 10.1. The number of nitrogens with two attached hydrogens (primary N) is 1. The Morgan fingerprint density at radius 1 is 1.00 bits per heavy atom. The molecule has 0 bridgehead atoms. The second-order valence-electron chi connectivity index (χ2n) is 6.65. The van der Waals surface area contributed by atoms with E-state index in [1.807, 2.05) is 72.8 Å². The number of nitrogens with zero attached hydrogens (tertiary/aromatic N) is 2. The zero-order valence-corrected chi connectivity index (χ0v) is 15.7. The molecule has 0 spiro atoms. The Labute approximate surface area is 164 Å². The lowest BCUT2D eigenvalue weighted by molar-refractivity contribution is 0.306. The molecular weight excluding hydrogens is 346 g/mol. The Balaban J connectivity index is 1.78. The van der Waals surface area contributed by atoms with Gasteiger partial charge in [0.25, 0.3) is 0 Å². The molecule has 0 aliphatic heterocycles. The summed E-state index contributed by atoms with van der Waals surface area (Å²) in [6.45, 7) is 3.34. The minimum Gasteiger partial charge on any atom is -0.489 e. The standard InChI is InChI=1S/C24H21N3O/c1-2-27-23-13-12-20(28-16-17-6-4-3-5-7-17)14-21(23)22(15-25)24(27)18-8-10-19(26)11-9-18/h3-14H,2,16,26H2,1H3. The molecule has 4 heteroatoms. The Morgan fingerprint density at radius 2 is 1.75 bits per heavy atom. The molecule has 0 amide bonds. The van der Waals surface area contributed by atoms with Gasteiger partial charge in [0.2, 0.25) is 0 Å². The van der Waals surface area contributed by atoms with Gasteiger partial charge in [0.15, 0.2) is 0 Å². The topological polar surface area (TPSA) is 64.0 Å². The molecule has 1 aromatic heterocycles. The number of fused-ring (bicyclic) bond motifs is 1. The predicted octanol–water partition coefficient (Wildman–Crippen LogP) is 5.36. The maximum Gasteiger partial charge on any atom is 0.120 e. The molecule has 0 atom stereocenters. The van der Waals surface area contributed by atoms with Crippen LogP contribution in [0, 0.1) is 11.3 Å². The normalized spacial score (nSPS) is 10.7. The van der Waals surface area contributed by atoms with Crippen molar-refractivity contribution in [2.75, 3.05) is 5.73 Å². The fourth-order valence-corrected chi connectivity index (χ4v) is 3.55. The van der Waals surface area contributed by atoms with E-state index in [-0.39, 0.29) is 0 Å². The van der Waals surface area contributed by atoms with E-state index in [1.165, 1.54) is 0 Å². The lowest BCUT2D eigenvalue weighted by Crippen LogP contribution is -1.98. The molecule has 4 aromatic rings. The molecule has 0 unspecified atom stereocenters. The van der Waals surface area contributed by atoms with Crippen molar-refractivity contribution >= 4 is 16.6 Å². The second-order valence-corrected chi connectivity index (χ2v) is 6.65. The predicted molar refractivity (Wildman–Crippen MR) is 113 cm³/mol. The number of benzene rings is 3. The van der Waals surface area contributed by atoms with Crippen molar-refractivity contribution in [2.24, 2.45) is 0 Å². The summed E-state index contributed by atoms with van der Waals surface area (Å²) in [5.74, 6) is 0.755. The molecule has 1 heterocycles. The third kappa shape index (κ3) is 3.19. The number of nitrogen functional groups attached to an aromatic ring is 1. The van der Waals surface area contributed by atoms with Crippen LogP contribution in [0.5, 0.6) is 5.75 Å². The highest BCUT2D eigenvalue weighted by atomic mass is 16.5. The van der Waals surface area contributed by atoms with Crippen molar-refractivity contribution in [2.45, 2.75) is 20.1 Å². The Bertz CT molecular complexity index is 1150. The average Bonchev–Trinajstić information content (AvgIpc) is 3.06. The average molecular weight is 367 g/mol. The summed E-state index contributed by atoms with van der Waals surface area (Å²) in [7, 11) is 0. The molecule has 0 aliphatic rings. The van der Waals surface area contributed by atoms with Gasteiger partial charge in [0, 0.05) is 17.6 Å². The highest BCUT2D eigenvalue weighted by Gasteiger charge is 2.18. The van der Waals surface area contributed by atoms with Gasteiger partial charge in [-0.05, 0) is 48.4 Å². The van der Waals surface area contributed by atoms with Gasteiger partial charge in [-0.2, -0.15) is 5.26 Å². The van der Waals surface area contributed by atoms with Gasteiger partial charge in [0.05, 0.1) is 16.8 Å². The van der Waals surface area contributed by atoms with Crippen molar-refractivity contribution in [3.05, 3.63) is 83.9 Å². The van der Waals surface area contributed by atoms with Crippen molar-refractivity contribution in [3.8, 4) is 23.1 Å². The smallest absolute Gasteiger partial charge is 0.120 e. The summed E-state index contributed by atoms with van der Waals surface area (Å²) in [6, 6.07) is 26.1. The van der Waals surface area contributed by atoms with Crippen LogP contribution in [0.2, 0.25) is 0 Å². The monoisotopic (exact) mass is 367 g/mol. The first-order chi connectivity index (χ1) is 13.7. The number of nitriles is 1. The van der Waals surface area contributed by atoms with Crippen LogP contribution in [0.1, 0.15) is 18.1 Å². The number of aromatic nitrogens is 1. The molecule has 0 saturated heterocycles. The Hall–Kier alpha value is -3.71. The van der Waals surface area contributed by atoms with Gasteiger partial charge in [-0.15, -0.1) is 0 Å². The molecule has 0 aliphatic carbocycles. The van der Waals surface area contributed by atoms with Crippen molar-refractivity contribution in [1.82, 2.24) is 4.57 Å². The summed E-state index contributed by atoms with van der Waals surface area (Å²) in [5.41, 5.74) is 11.2. The summed E-state index contributed by atoms with van der Waals surface area (Å²) < 4.78 is 8.14. The summed E-state index contributed by atoms with van der Waals surface area (Å²) in [6.07, 6.45) is 0. The number of aryl methyl sites for hydroxylation is 1. The van der Waals surface area contributed by atoms with Gasteiger partial charge >= 0.3 is 0 Å². The molecule has 138 valence electrons. The molecule has 2 N–H and O–H groups in total. The van der Waals surface area contributed by atoms with E-state index in [0.717, 1.165) is 40.0 Å². The third-order valence-electron chi connectivity index (χ3n) is 4.90. The van der Waals surface area contributed by atoms with Crippen molar-refractivity contribution in [3.63, 3.8) is 0 Å². The van der Waals surface area contributed by atoms with Crippen LogP contribution in [-0.4, -0.2) is 4.57 Å². The molecule has 28 heavy (non-hydrogen) atoms. The van der Waals surface area contributed by atoms with Crippen LogP contribution in [0.4, 0.5) is 5.69 Å². The number of hydrogen-bond donors (Lipinski definition) is 1. The first kappa shape index (κ1) is 17.7. The van der Waals surface area contributed by atoms with Crippen LogP contribution in [0.3, 0.4) is 0 Å². The van der Waals surface area contributed by atoms with Crippen LogP contribution < -0.4 is 10.5 Å². The highest BCUT2D eigenvalue weighted by molar-refractivity contribution is 5.95. The van der Waals surface area contributed by atoms with E-state index in [9.17, 15) is 5.26 Å². The summed E-state index contributed by atoms with van der Waals surface area (Å²) in [4.78, 5) is 0. The van der Waals surface area contributed by atoms with E-state index in [4.69, 9.17) is 10.5 Å². The molecule has 3 aromatic carbocycles. The van der Waals surface area contributed by atoms with Gasteiger partial charge in [-0.1, -0.05) is 42.5 Å².